The normalized spacial score (nSPS) is 12.2. The van der Waals surface area contributed by atoms with Crippen LogP contribution in [0.4, 0.5) is 0 Å². The van der Waals surface area contributed by atoms with Crippen molar-refractivity contribution in [3.05, 3.63) is 57.5 Å². The summed E-state index contributed by atoms with van der Waals surface area (Å²) >= 11 is 9.49. The van der Waals surface area contributed by atoms with Gasteiger partial charge in [-0.15, -0.1) is 0 Å². The zero-order valence-corrected chi connectivity index (χ0v) is 12.1. The average molecular weight is 328 g/mol. The molecule has 4 heteroatoms. The smallest absolute Gasteiger partial charge is 0.146 e. The van der Waals surface area contributed by atoms with Crippen molar-refractivity contribution in [2.75, 3.05) is 0 Å². The molecule has 0 unspecified atom stereocenters. The highest BCUT2D eigenvalue weighted by molar-refractivity contribution is 9.10. The SMILES string of the molecule is C[C@@H](O)c1ccc(Oc2cccc(Br)c2)c(Cl)c1. The van der Waals surface area contributed by atoms with E-state index in [1.54, 1.807) is 25.1 Å². The van der Waals surface area contributed by atoms with E-state index in [4.69, 9.17) is 16.3 Å². The molecule has 2 aromatic rings. The minimum atomic E-state index is -0.539. The molecule has 0 spiro atoms. The summed E-state index contributed by atoms with van der Waals surface area (Å²) in [7, 11) is 0. The van der Waals surface area contributed by atoms with Crippen LogP contribution in [0.5, 0.6) is 11.5 Å². The number of hydrogen-bond donors (Lipinski definition) is 1. The Morgan fingerprint density at radius 2 is 2.00 bits per heavy atom. The highest BCUT2D eigenvalue weighted by atomic mass is 79.9. The Kier molecular flexibility index (Phi) is 4.27. The van der Waals surface area contributed by atoms with Gasteiger partial charge in [0, 0.05) is 4.47 Å². The van der Waals surface area contributed by atoms with E-state index in [9.17, 15) is 5.11 Å². The van der Waals surface area contributed by atoms with Crippen LogP contribution in [0.15, 0.2) is 46.9 Å². The maximum atomic E-state index is 9.46. The van der Waals surface area contributed by atoms with Crippen molar-refractivity contribution in [2.24, 2.45) is 0 Å². The zero-order valence-electron chi connectivity index (χ0n) is 9.73. The molecule has 0 radical (unpaired) electrons. The summed E-state index contributed by atoms with van der Waals surface area (Å²) in [6, 6.07) is 12.8. The van der Waals surface area contributed by atoms with Crippen molar-refractivity contribution >= 4 is 27.5 Å². The highest BCUT2D eigenvalue weighted by Crippen LogP contribution is 2.32. The first kappa shape index (κ1) is 13.4. The quantitative estimate of drug-likeness (QED) is 0.864. The van der Waals surface area contributed by atoms with E-state index >= 15 is 0 Å². The second-order valence-electron chi connectivity index (χ2n) is 3.93. The highest BCUT2D eigenvalue weighted by Gasteiger charge is 2.07. The van der Waals surface area contributed by atoms with Gasteiger partial charge in [-0.1, -0.05) is 39.7 Å². The molecule has 0 fully saturated rings. The van der Waals surface area contributed by atoms with E-state index in [2.05, 4.69) is 15.9 Å². The summed E-state index contributed by atoms with van der Waals surface area (Å²) in [6.07, 6.45) is -0.539. The van der Waals surface area contributed by atoms with Gasteiger partial charge in [0.05, 0.1) is 11.1 Å². The molecule has 2 nitrogen and oxygen atoms in total. The average Bonchev–Trinajstić information content (AvgIpc) is 2.31. The van der Waals surface area contributed by atoms with Crippen molar-refractivity contribution in [2.45, 2.75) is 13.0 Å². The number of benzene rings is 2. The molecule has 1 N–H and O–H groups in total. The minimum Gasteiger partial charge on any atom is -0.456 e. The monoisotopic (exact) mass is 326 g/mol. The molecule has 2 rings (SSSR count). The summed E-state index contributed by atoms with van der Waals surface area (Å²) in [5.41, 5.74) is 0.765. The number of aliphatic hydroxyl groups excluding tert-OH is 1. The number of halogens is 2. The second kappa shape index (κ2) is 5.74. The van der Waals surface area contributed by atoms with Gasteiger partial charge in [-0.3, -0.25) is 0 Å². The summed E-state index contributed by atoms with van der Waals surface area (Å²) in [5, 5.41) is 9.94. The third kappa shape index (κ3) is 3.25. The molecule has 0 heterocycles. The van der Waals surface area contributed by atoms with Crippen molar-refractivity contribution in [1.29, 1.82) is 0 Å². The molecule has 0 aliphatic rings. The Labute approximate surface area is 119 Å². The molecule has 2 aromatic carbocycles. The lowest BCUT2D eigenvalue weighted by Gasteiger charge is -2.10. The van der Waals surface area contributed by atoms with Gasteiger partial charge in [0.2, 0.25) is 0 Å². The Morgan fingerprint density at radius 3 is 2.61 bits per heavy atom. The zero-order chi connectivity index (χ0) is 13.1. The molecule has 0 amide bonds. The third-order valence-corrected chi connectivity index (χ3v) is 3.25. The van der Waals surface area contributed by atoms with Gasteiger partial charge in [0.25, 0.3) is 0 Å². The van der Waals surface area contributed by atoms with E-state index in [1.165, 1.54) is 0 Å². The molecular formula is C14H12BrClO2. The first-order valence-electron chi connectivity index (χ1n) is 5.47. The number of rotatable bonds is 3. The molecule has 18 heavy (non-hydrogen) atoms. The maximum absolute atomic E-state index is 9.46. The fraction of sp³-hybridized carbons (Fsp3) is 0.143. The van der Waals surface area contributed by atoms with Crippen LogP contribution in [-0.2, 0) is 0 Å². The lowest BCUT2D eigenvalue weighted by Crippen LogP contribution is -1.92. The van der Waals surface area contributed by atoms with Crippen LogP contribution in [0.25, 0.3) is 0 Å². The van der Waals surface area contributed by atoms with Crippen LogP contribution in [0, 0.1) is 0 Å². The van der Waals surface area contributed by atoms with Gasteiger partial charge >= 0.3 is 0 Å². The van der Waals surface area contributed by atoms with Crippen LogP contribution in [0.1, 0.15) is 18.6 Å². The van der Waals surface area contributed by atoms with E-state index in [1.807, 2.05) is 24.3 Å². The number of ether oxygens (including phenoxy) is 1. The Morgan fingerprint density at radius 1 is 1.22 bits per heavy atom. The van der Waals surface area contributed by atoms with Crippen molar-refractivity contribution < 1.29 is 9.84 Å². The minimum absolute atomic E-state index is 0.480. The summed E-state index contributed by atoms with van der Waals surface area (Å²) in [5.74, 6) is 1.27. The van der Waals surface area contributed by atoms with E-state index in [0.29, 0.717) is 16.5 Å². The molecule has 0 bridgehead atoms. The molecule has 1 atom stereocenters. The van der Waals surface area contributed by atoms with Gasteiger partial charge in [-0.2, -0.15) is 0 Å². The van der Waals surface area contributed by atoms with Crippen molar-refractivity contribution in [3.63, 3.8) is 0 Å². The summed E-state index contributed by atoms with van der Waals surface area (Å²) in [4.78, 5) is 0. The lowest BCUT2D eigenvalue weighted by atomic mass is 10.1. The second-order valence-corrected chi connectivity index (χ2v) is 5.25. The van der Waals surface area contributed by atoms with Crippen LogP contribution in [0.3, 0.4) is 0 Å². The summed E-state index contributed by atoms with van der Waals surface area (Å²) in [6.45, 7) is 1.69. The van der Waals surface area contributed by atoms with E-state index in [-0.39, 0.29) is 0 Å². The molecule has 0 aliphatic carbocycles. The van der Waals surface area contributed by atoms with Gasteiger partial charge in [-0.25, -0.2) is 0 Å². The molecule has 0 aliphatic heterocycles. The first-order valence-corrected chi connectivity index (χ1v) is 6.64. The van der Waals surface area contributed by atoms with Crippen LogP contribution in [0.2, 0.25) is 5.02 Å². The summed E-state index contributed by atoms with van der Waals surface area (Å²) < 4.78 is 6.62. The van der Waals surface area contributed by atoms with Crippen LogP contribution in [-0.4, -0.2) is 5.11 Å². The van der Waals surface area contributed by atoms with Crippen LogP contribution < -0.4 is 4.74 Å². The fourth-order valence-corrected chi connectivity index (χ4v) is 2.12. The molecule has 94 valence electrons. The van der Waals surface area contributed by atoms with Gasteiger partial charge in [-0.05, 0) is 42.8 Å². The Bertz CT molecular complexity index is 555. The maximum Gasteiger partial charge on any atom is 0.146 e. The van der Waals surface area contributed by atoms with E-state index < -0.39 is 6.10 Å². The fourth-order valence-electron chi connectivity index (χ4n) is 1.52. The first-order chi connectivity index (χ1) is 8.56. The van der Waals surface area contributed by atoms with Gasteiger partial charge < -0.3 is 9.84 Å². The largest absolute Gasteiger partial charge is 0.456 e. The molecule has 0 saturated heterocycles. The Hall–Kier alpha value is -1.03. The van der Waals surface area contributed by atoms with E-state index in [0.717, 1.165) is 10.0 Å². The molecular weight excluding hydrogens is 316 g/mol. The third-order valence-electron chi connectivity index (χ3n) is 2.46. The standard InChI is InChI=1S/C14H12BrClO2/c1-9(17)10-5-6-14(13(16)7-10)18-12-4-2-3-11(15)8-12/h2-9,17H,1H3/t9-/m1/s1. The van der Waals surface area contributed by atoms with Crippen molar-refractivity contribution in [3.8, 4) is 11.5 Å². The number of aliphatic hydroxyl groups is 1. The van der Waals surface area contributed by atoms with Gasteiger partial charge in [0.1, 0.15) is 11.5 Å². The van der Waals surface area contributed by atoms with Gasteiger partial charge in [0.15, 0.2) is 0 Å². The molecule has 0 aromatic heterocycles. The predicted octanol–water partition coefficient (Wildman–Crippen LogP) is 4.95. The predicted molar refractivity (Wildman–Crippen MR) is 76.3 cm³/mol. The topological polar surface area (TPSA) is 29.5 Å². The lowest BCUT2D eigenvalue weighted by molar-refractivity contribution is 0.199. The Balaban J connectivity index is 2.24. The number of hydrogen-bond acceptors (Lipinski definition) is 2. The molecule has 0 saturated carbocycles. The van der Waals surface area contributed by atoms with Crippen LogP contribution >= 0.6 is 27.5 Å². The van der Waals surface area contributed by atoms with Crippen molar-refractivity contribution in [1.82, 2.24) is 0 Å².